The number of aromatic nitrogens is 3. The van der Waals surface area contributed by atoms with Crippen LogP contribution in [0.15, 0.2) is 47.0 Å². The van der Waals surface area contributed by atoms with E-state index in [1.165, 1.54) is 0 Å². The molecule has 7 heteroatoms. The lowest BCUT2D eigenvalue weighted by Crippen LogP contribution is -2.33. The van der Waals surface area contributed by atoms with Gasteiger partial charge in [-0.05, 0) is 37.6 Å². The van der Waals surface area contributed by atoms with Gasteiger partial charge >= 0.3 is 0 Å². The highest BCUT2D eigenvalue weighted by Crippen LogP contribution is 2.36. The van der Waals surface area contributed by atoms with E-state index in [1.54, 1.807) is 20.4 Å². The fraction of sp³-hybridized carbons (Fsp3) is 0.381. The minimum absolute atomic E-state index is 0.0784. The van der Waals surface area contributed by atoms with E-state index in [2.05, 4.69) is 26.1 Å². The van der Waals surface area contributed by atoms with Gasteiger partial charge in [0.1, 0.15) is 5.69 Å². The van der Waals surface area contributed by atoms with Gasteiger partial charge in [-0.2, -0.15) is 0 Å². The van der Waals surface area contributed by atoms with Crippen LogP contribution in [0.5, 0.6) is 11.5 Å². The molecule has 1 aromatic carbocycles. The normalized spacial score (nSPS) is 17.4. The van der Waals surface area contributed by atoms with E-state index in [9.17, 15) is 0 Å². The Morgan fingerprint density at radius 2 is 2.00 bits per heavy atom. The second kappa shape index (κ2) is 8.39. The molecule has 4 rings (SSSR count). The van der Waals surface area contributed by atoms with Crippen LogP contribution in [0.4, 0.5) is 0 Å². The molecule has 146 valence electrons. The molecule has 0 bridgehead atoms. The highest BCUT2D eigenvalue weighted by atomic mass is 16.5. The van der Waals surface area contributed by atoms with E-state index in [0.29, 0.717) is 17.5 Å². The van der Waals surface area contributed by atoms with Gasteiger partial charge in [-0.1, -0.05) is 24.6 Å². The molecule has 7 nitrogen and oxygen atoms in total. The van der Waals surface area contributed by atoms with E-state index in [0.717, 1.165) is 49.4 Å². The van der Waals surface area contributed by atoms with E-state index in [1.807, 2.05) is 30.3 Å². The Kier molecular flexibility index (Phi) is 5.53. The zero-order valence-corrected chi connectivity index (χ0v) is 16.2. The van der Waals surface area contributed by atoms with Crippen LogP contribution in [-0.4, -0.2) is 40.8 Å². The van der Waals surface area contributed by atoms with Gasteiger partial charge in [0.2, 0.25) is 5.89 Å². The topological polar surface area (TPSA) is 73.5 Å². The van der Waals surface area contributed by atoms with Gasteiger partial charge in [0, 0.05) is 18.3 Å². The lowest BCUT2D eigenvalue weighted by molar-refractivity contribution is 0.117. The molecule has 1 fully saturated rings. The number of hydrogen-bond donors (Lipinski definition) is 0. The Morgan fingerprint density at radius 3 is 2.79 bits per heavy atom. The number of pyridine rings is 1. The summed E-state index contributed by atoms with van der Waals surface area (Å²) in [7, 11) is 3.33. The Labute approximate surface area is 164 Å². The Bertz CT molecular complexity index is 913. The third kappa shape index (κ3) is 3.71. The minimum atomic E-state index is 0.0784. The molecular weight excluding hydrogens is 356 g/mol. The lowest BCUT2D eigenvalue weighted by Gasteiger charge is -2.33. The van der Waals surface area contributed by atoms with Gasteiger partial charge in [0.15, 0.2) is 11.5 Å². The maximum atomic E-state index is 6.00. The maximum Gasteiger partial charge on any atom is 0.266 e. The van der Waals surface area contributed by atoms with Crippen LogP contribution in [0.2, 0.25) is 0 Å². The Morgan fingerprint density at radius 1 is 1.07 bits per heavy atom. The zero-order chi connectivity index (χ0) is 19.3. The molecule has 1 atom stereocenters. The highest BCUT2D eigenvalue weighted by Gasteiger charge is 2.30. The number of ether oxygens (including phenoxy) is 2. The SMILES string of the molecule is COc1cccc(CN2CCCC[C@@H]2c2nnc(-c3ccccn3)o2)c1OC. The quantitative estimate of drug-likeness (QED) is 0.642. The van der Waals surface area contributed by atoms with Crippen LogP contribution in [-0.2, 0) is 6.54 Å². The number of likely N-dealkylation sites (tertiary alicyclic amines) is 1. The van der Waals surface area contributed by atoms with Crippen molar-refractivity contribution >= 4 is 0 Å². The second-order valence-electron chi connectivity index (χ2n) is 6.80. The summed E-state index contributed by atoms with van der Waals surface area (Å²) in [5, 5.41) is 8.54. The molecule has 0 aliphatic carbocycles. The van der Waals surface area contributed by atoms with Crippen LogP contribution in [0.1, 0.15) is 36.8 Å². The van der Waals surface area contributed by atoms with Crippen LogP contribution < -0.4 is 9.47 Å². The molecule has 28 heavy (non-hydrogen) atoms. The first-order valence-corrected chi connectivity index (χ1v) is 9.49. The fourth-order valence-electron chi connectivity index (χ4n) is 3.72. The van der Waals surface area contributed by atoms with Gasteiger partial charge in [0.05, 0.1) is 20.3 Å². The summed E-state index contributed by atoms with van der Waals surface area (Å²) in [6, 6.07) is 11.7. The summed E-state index contributed by atoms with van der Waals surface area (Å²) in [4.78, 5) is 6.67. The van der Waals surface area contributed by atoms with E-state index < -0.39 is 0 Å². The van der Waals surface area contributed by atoms with Crippen molar-refractivity contribution < 1.29 is 13.9 Å². The van der Waals surface area contributed by atoms with Crippen molar-refractivity contribution in [1.29, 1.82) is 0 Å². The third-order valence-corrected chi connectivity index (χ3v) is 5.08. The number of para-hydroxylation sites is 1. The van der Waals surface area contributed by atoms with Crippen LogP contribution in [0.3, 0.4) is 0 Å². The predicted molar refractivity (Wildman–Crippen MR) is 104 cm³/mol. The number of piperidine rings is 1. The van der Waals surface area contributed by atoms with Gasteiger partial charge < -0.3 is 13.9 Å². The summed E-state index contributed by atoms with van der Waals surface area (Å²) in [6.07, 6.45) is 4.99. The van der Waals surface area contributed by atoms with Crippen LogP contribution in [0, 0.1) is 0 Å². The first-order valence-electron chi connectivity index (χ1n) is 9.49. The molecule has 1 aliphatic heterocycles. The first-order chi connectivity index (χ1) is 13.8. The van der Waals surface area contributed by atoms with Crippen molar-refractivity contribution in [2.75, 3.05) is 20.8 Å². The monoisotopic (exact) mass is 380 g/mol. The average molecular weight is 380 g/mol. The number of rotatable bonds is 6. The number of methoxy groups -OCH3 is 2. The molecule has 0 N–H and O–H groups in total. The Hall–Kier alpha value is -2.93. The number of nitrogens with zero attached hydrogens (tertiary/aromatic N) is 4. The molecule has 2 aromatic heterocycles. The van der Waals surface area contributed by atoms with Crippen LogP contribution >= 0.6 is 0 Å². The molecule has 0 unspecified atom stereocenters. The van der Waals surface area contributed by atoms with E-state index in [4.69, 9.17) is 13.9 Å². The molecule has 3 aromatic rings. The highest BCUT2D eigenvalue weighted by molar-refractivity contribution is 5.47. The second-order valence-corrected chi connectivity index (χ2v) is 6.80. The lowest BCUT2D eigenvalue weighted by atomic mass is 10.0. The smallest absolute Gasteiger partial charge is 0.266 e. The molecule has 3 heterocycles. The van der Waals surface area contributed by atoms with Crippen molar-refractivity contribution in [2.45, 2.75) is 31.8 Å². The van der Waals surface area contributed by atoms with Crippen molar-refractivity contribution in [1.82, 2.24) is 20.1 Å². The summed E-state index contributed by atoms with van der Waals surface area (Å²) in [5.41, 5.74) is 1.77. The number of benzene rings is 1. The van der Waals surface area contributed by atoms with Gasteiger partial charge in [-0.25, -0.2) is 0 Å². The van der Waals surface area contributed by atoms with Gasteiger partial charge in [-0.3, -0.25) is 9.88 Å². The molecule has 0 radical (unpaired) electrons. The molecule has 0 saturated carbocycles. The first kappa shape index (κ1) is 18.4. The molecule has 1 saturated heterocycles. The molecule has 0 spiro atoms. The average Bonchev–Trinajstić information content (AvgIpc) is 3.24. The predicted octanol–water partition coefficient (Wildman–Crippen LogP) is 3.88. The van der Waals surface area contributed by atoms with Crippen molar-refractivity contribution in [3.05, 3.63) is 54.0 Å². The van der Waals surface area contributed by atoms with Crippen molar-refractivity contribution in [3.63, 3.8) is 0 Å². The summed E-state index contributed by atoms with van der Waals surface area (Å²) >= 11 is 0. The standard InChI is InChI=1S/C21H24N4O3/c1-26-18-11-7-8-15(19(18)27-2)14-25-13-6-4-10-17(25)21-24-23-20(28-21)16-9-3-5-12-22-16/h3,5,7-9,11-12,17H,4,6,10,13-14H2,1-2H3/t17-/m1/s1. The molecule has 0 amide bonds. The largest absolute Gasteiger partial charge is 0.493 e. The zero-order valence-electron chi connectivity index (χ0n) is 16.2. The van der Waals surface area contributed by atoms with Crippen LogP contribution in [0.25, 0.3) is 11.6 Å². The summed E-state index contributed by atoms with van der Waals surface area (Å²) in [5.74, 6) is 2.61. The Balaban J connectivity index is 1.59. The van der Waals surface area contributed by atoms with E-state index in [-0.39, 0.29) is 6.04 Å². The molecular formula is C21H24N4O3. The minimum Gasteiger partial charge on any atom is -0.493 e. The van der Waals surface area contributed by atoms with Gasteiger partial charge in [0.25, 0.3) is 5.89 Å². The summed E-state index contributed by atoms with van der Waals surface area (Å²) < 4.78 is 17.0. The van der Waals surface area contributed by atoms with E-state index >= 15 is 0 Å². The van der Waals surface area contributed by atoms with Gasteiger partial charge in [-0.15, -0.1) is 10.2 Å². The summed E-state index contributed by atoms with van der Waals surface area (Å²) in [6.45, 7) is 1.69. The van der Waals surface area contributed by atoms with Crippen molar-refractivity contribution in [2.24, 2.45) is 0 Å². The third-order valence-electron chi connectivity index (χ3n) is 5.08. The molecule has 1 aliphatic rings. The van der Waals surface area contributed by atoms with Crippen molar-refractivity contribution in [3.8, 4) is 23.1 Å². The maximum absolute atomic E-state index is 6.00. The fourth-order valence-corrected chi connectivity index (χ4v) is 3.72. The number of hydrogen-bond acceptors (Lipinski definition) is 7.